The summed E-state index contributed by atoms with van der Waals surface area (Å²) in [7, 11) is 0. The third-order valence-electron chi connectivity index (χ3n) is 2.47. The van der Waals surface area contributed by atoms with Crippen molar-refractivity contribution in [2.45, 2.75) is 32.8 Å². The van der Waals surface area contributed by atoms with Crippen LogP contribution >= 0.6 is 22.7 Å². The number of carbonyl (C=O) groups is 1. The predicted octanol–water partition coefficient (Wildman–Crippen LogP) is 3.78. The fourth-order valence-corrected chi connectivity index (χ4v) is 2.99. The van der Waals surface area contributed by atoms with Crippen molar-refractivity contribution in [2.75, 3.05) is 0 Å². The van der Waals surface area contributed by atoms with E-state index in [0.29, 0.717) is 12.4 Å². The number of thiazole rings is 1. The number of aromatic carboxylic acids is 1. The number of rotatable bonds is 4. The molecule has 0 aromatic carbocycles. The fraction of sp³-hybridized carbons (Fsp3) is 0.385. The van der Waals surface area contributed by atoms with Crippen molar-refractivity contribution >= 4 is 28.6 Å². The van der Waals surface area contributed by atoms with Crippen LogP contribution in [0.5, 0.6) is 5.75 Å². The van der Waals surface area contributed by atoms with Crippen LogP contribution in [0.3, 0.4) is 0 Å². The lowest BCUT2D eigenvalue weighted by atomic mass is 9.95. The molecule has 19 heavy (non-hydrogen) atoms. The largest absolute Gasteiger partial charge is 0.485 e. The molecule has 0 fully saturated rings. The summed E-state index contributed by atoms with van der Waals surface area (Å²) in [4.78, 5) is 16.6. The summed E-state index contributed by atoms with van der Waals surface area (Å²) in [6.07, 6.45) is 1.70. The SMILES string of the molecule is CC(C)(C)c1cc(OCc2nccs2)c(C(=O)O)s1. The van der Waals surface area contributed by atoms with Crippen LogP contribution in [-0.4, -0.2) is 16.1 Å². The van der Waals surface area contributed by atoms with Gasteiger partial charge in [-0.1, -0.05) is 20.8 Å². The van der Waals surface area contributed by atoms with Crippen molar-refractivity contribution in [3.63, 3.8) is 0 Å². The van der Waals surface area contributed by atoms with Gasteiger partial charge < -0.3 is 9.84 Å². The molecule has 2 heterocycles. The van der Waals surface area contributed by atoms with Crippen molar-refractivity contribution < 1.29 is 14.6 Å². The molecule has 0 amide bonds. The van der Waals surface area contributed by atoms with E-state index in [1.54, 1.807) is 6.20 Å². The van der Waals surface area contributed by atoms with E-state index >= 15 is 0 Å². The number of aromatic nitrogens is 1. The van der Waals surface area contributed by atoms with Gasteiger partial charge >= 0.3 is 5.97 Å². The van der Waals surface area contributed by atoms with E-state index in [2.05, 4.69) is 25.8 Å². The number of carboxylic acid groups (broad SMARTS) is 1. The highest BCUT2D eigenvalue weighted by atomic mass is 32.1. The summed E-state index contributed by atoms with van der Waals surface area (Å²) < 4.78 is 5.60. The first kappa shape index (κ1) is 14.0. The van der Waals surface area contributed by atoms with E-state index in [1.165, 1.54) is 22.7 Å². The maximum atomic E-state index is 11.2. The van der Waals surface area contributed by atoms with Gasteiger partial charge in [-0.25, -0.2) is 9.78 Å². The molecule has 4 nitrogen and oxygen atoms in total. The standard InChI is InChI=1S/C13H15NO3S2/c1-13(2,3)9-6-8(11(19-9)12(15)16)17-7-10-14-4-5-18-10/h4-6H,7H2,1-3H3,(H,15,16). The van der Waals surface area contributed by atoms with Crippen molar-refractivity contribution in [3.05, 3.63) is 32.4 Å². The Morgan fingerprint density at radius 1 is 1.47 bits per heavy atom. The summed E-state index contributed by atoms with van der Waals surface area (Å²) in [5.41, 5.74) is -0.0857. The Labute approximate surface area is 119 Å². The molecule has 1 N–H and O–H groups in total. The smallest absolute Gasteiger partial charge is 0.349 e. The molecule has 0 aliphatic carbocycles. The van der Waals surface area contributed by atoms with Crippen LogP contribution in [0.4, 0.5) is 0 Å². The second-order valence-corrected chi connectivity index (χ2v) is 7.11. The molecule has 0 radical (unpaired) electrons. The fourth-order valence-electron chi connectivity index (χ4n) is 1.46. The van der Waals surface area contributed by atoms with Gasteiger partial charge in [0.05, 0.1) is 0 Å². The third kappa shape index (κ3) is 3.33. The molecule has 0 aliphatic heterocycles. The highest BCUT2D eigenvalue weighted by Gasteiger charge is 2.23. The van der Waals surface area contributed by atoms with Gasteiger partial charge in [0, 0.05) is 16.5 Å². The summed E-state index contributed by atoms with van der Waals surface area (Å²) in [5, 5.41) is 11.9. The second-order valence-electron chi connectivity index (χ2n) is 5.07. The van der Waals surface area contributed by atoms with Crippen molar-refractivity contribution in [1.29, 1.82) is 0 Å². The highest BCUT2D eigenvalue weighted by molar-refractivity contribution is 7.14. The maximum absolute atomic E-state index is 11.2. The minimum Gasteiger partial charge on any atom is -0.485 e. The monoisotopic (exact) mass is 297 g/mol. The molecule has 0 saturated heterocycles. The number of hydrogen-bond acceptors (Lipinski definition) is 5. The van der Waals surface area contributed by atoms with Crippen molar-refractivity contribution in [1.82, 2.24) is 4.98 Å². The zero-order chi connectivity index (χ0) is 14.0. The van der Waals surface area contributed by atoms with E-state index in [-0.39, 0.29) is 10.3 Å². The topological polar surface area (TPSA) is 59.4 Å². The molecule has 6 heteroatoms. The Balaban J connectivity index is 2.23. The maximum Gasteiger partial charge on any atom is 0.349 e. The van der Waals surface area contributed by atoms with Crippen molar-refractivity contribution in [3.8, 4) is 5.75 Å². The lowest BCUT2D eigenvalue weighted by Gasteiger charge is -2.14. The van der Waals surface area contributed by atoms with Crippen LogP contribution < -0.4 is 4.74 Å². The minimum atomic E-state index is -0.949. The van der Waals surface area contributed by atoms with Crippen molar-refractivity contribution in [2.24, 2.45) is 0 Å². The number of carboxylic acids is 1. The summed E-state index contributed by atoms with van der Waals surface area (Å²) in [6, 6.07) is 1.82. The van der Waals surface area contributed by atoms with Gasteiger partial charge in [-0.2, -0.15) is 0 Å². The number of nitrogens with zero attached hydrogens (tertiary/aromatic N) is 1. The Bertz CT molecular complexity index is 567. The molecule has 2 aromatic heterocycles. The molecule has 0 atom stereocenters. The quantitative estimate of drug-likeness (QED) is 0.933. The molecule has 0 saturated carbocycles. The van der Waals surface area contributed by atoms with E-state index in [4.69, 9.17) is 4.74 Å². The van der Waals surface area contributed by atoms with Gasteiger partial charge in [0.25, 0.3) is 0 Å². The van der Waals surface area contributed by atoms with Gasteiger partial charge in [-0.05, 0) is 11.5 Å². The lowest BCUT2D eigenvalue weighted by molar-refractivity contribution is 0.0697. The van der Waals surface area contributed by atoms with Gasteiger partial charge in [0.1, 0.15) is 17.4 Å². The second kappa shape index (κ2) is 5.30. The molecular weight excluding hydrogens is 282 g/mol. The van der Waals surface area contributed by atoms with Crippen LogP contribution in [0, 0.1) is 0 Å². The van der Waals surface area contributed by atoms with Gasteiger partial charge in [-0.3, -0.25) is 0 Å². The van der Waals surface area contributed by atoms with Crippen LogP contribution in [0.15, 0.2) is 17.6 Å². The number of hydrogen-bond donors (Lipinski definition) is 1. The predicted molar refractivity (Wildman–Crippen MR) is 76.4 cm³/mol. The Kier molecular flexibility index (Phi) is 3.91. The summed E-state index contributed by atoms with van der Waals surface area (Å²) in [6.45, 7) is 6.46. The minimum absolute atomic E-state index is 0.0857. The molecule has 0 unspecified atom stereocenters. The van der Waals surface area contributed by atoms with E-state index < -0.39 is 5.97 Å². The third-order valence-corrected chi connectivity index (χ3v) is 4.75. The molecule has 102 valence electrons. The molecule has 0 bridgehead atoms. The first-order valence-corrected chi connectivity index (χ1v) is 7.46. The Hall–Kier alpha value is -1.40. The van der Waals surface area contributed by atoms with Gasteiger partial charge in [0.2, 0.25) is 0 Å². The van der Waals surface area contributed by atoms with Crippen LogP contribution in [0.2, 0.25) is 0 Å². The Morgan fingerprint density at radius 2 is 2.21 bits per heavy atom. The Morgan fingerprint density at radius 3 is 2.74 bits per heavy atom. The van der Waals surface area contributed by atoms with Gasteiger partial charge in [-0.15, -0.1) is 22.7 Å². The molecule has 0 aliphatic rings. The summed E-state index contributed by atoms with van der Waals surface area (Å²) >= 11 is 2.76. The van der Waals surface area contributed by atoms with Gasteiger partial charge in [0.15, 0.2) is 4.88 Å². The molecule has 2 aromatic rings. The normalized spacial score (nSPS) is 11.5. The molecular formula is C13H15NO3S2. The molecule has 2 rings (SSSR count). The first-order valence-electron chi connectivity index (χ1n) is 5.76. The first-order chi connectivity index (χ1) is 8.88. The zero-order valence-electron chi connectivity index (χ0n) is 11.0. The van der Waals surface area contributed by atoms with E-state index in [1.807, 2.05) is 11.4 Å². The lowest BCUT2D eigenvalue weighted by Crippen LogP contribution is -2.08. The summed E-state index contributed by atoms with van der Waals surface area (Å²) in [5.74, 6) is -0.521. The zero-order valence-corrected chi connectivity index (χ0v) is 12.6. The number of ether oxygens (including phenoxy) is 1. The van der Waals surface area contributed by atoms with Crippen LogP contribution in [0.25, 0.3) is 0 Å². The van der Waals surface area contributed by atoms with Crippen LogP contribution in [0.1, 0.15) is 40.3 Å². The van der Waals surface area contributed by atoms with E-state index in [9.17, 15) is 9.90 Å². The van der Waals surface area contributed by atoms with E-state index in [0.717, 1.165) is 9.88 Å². The highest BCUT2D eigenvalue weighted by Crippen LogP contribution is 2.37. The molecule has 0 spiro atoms. The van der Waals surface area contributed by atoms with Crippen LogP contribution in [-0.2, 0) is 12.0 Å². The number of thiophene rings is 1. The average molecular weight is 297 g/mol. The average Bonchev–Trinajstić information content (AvgIpc) is 2.94.